The molecular weight excluding hydrogens is 526 g/mol. The van der Waals surface area contributed by atoms with Crippen LogP contribution in [0.2, 0.25) is 0 Å². The second-order valence-corrected chi connectivity index (χ2v) is 9.13. The first kappa shape index (κ1) is 22.2. The quantitative estimate of drug-likeness (QED) is 0.505. The van der Waals surface area contributed by atoms with Crippen LogP contribution < -0.4 is 4.90 Å². The number of hydrogen-bond acceptors (Lipinski definition) is 6. The highest BCUT2D eigenvalue weighted by Gasteiger charge is 2.32. The molecule has 4 rings (SSSR count). The molecule has 1 saturated heterocycles. The molecular formula is C21H25Br2N7O. The number of carbonyl (C=O) groups excluding carboxylic acids is 1. The van der Waals surface area contributed by atoms with Gasteiger partial charge in [-0.2, -0.15) is 5.10 Å². The zero-order chi connectivity index (χ0) is 22.0. The fourth-order valence-corrected chi connectivity index (χ4v) is 4.81. The summed E-state index contributed by atoms with van der Waals surface area (Å²) in [5.41, 5.74) is 1.66. The maximum Gasteiger partial charge on any atom is 0.244 e. The van der Waals surface area contributed by atoms with Crippen LogP contribution in [0.3, 0.4) is 0 Å². The fraction of sp³-hybridized carbons (Fsp3) is 0.429. The van der Waals surface area contributed by atoms with Crippen LogP contribution in [0, 0.1) is 0 Å². The number of benzene rings is 1. The summed E-state index contributed by atoms with van der Waals surface area (Å²) in [7, 11) is 0. The number of aromatic amines is 1. The van der Waals surface area contributed by atoms with E-state index in [2.05, 4.69) is 75.7 Å². The summed E-state index contributed by atoms with van der Waals surface area (Å²) in [5.74, 6) is 0.994. The summed E-state index contributed by atoms with van der Waals surface area (Å²) in [6.45, 7) is 8.55. The first-order valence-corrected chi connectivity index (χ1v) is 12.0. The van der Waals surface area contributed by atoms with Crippen molar-refractivity contribution < 1.29 is 4.79 Å². The van der Waals surface area contributed by atoms with Crippen LogP contribution in [0.5, 0.6) is 0 Å². The standard InChI is InChI=1S/C21H25Br2N7O/c1-3-28(4-2)17(14-5-7-15(22)8-6-14)21(31)30-11-9-29(10-12-30)20-16-18(23)26-27-19(16)24-13-25-20/h5-8,13,17H,3-4,9-12H2,1-2H3,(H,24,25,26,27). The van der Waals surface area contributed by atoms with Gasteiger partial charge >= 0.3 is 0 Å². The number of hydrogen-bond donors (Lipinski definition) is 1. The highest BCUT2D eigenvalue weighted by atomic mass is 79.9. The maximum atomic E-state index is 13.6. The molecule has 0 bridgehead atoms. The van der Waals surface area contributed by atoms with Gasteiger partial charge in [0.2, 0.25) is 5.91 Å². The van der Waals surface area contributed by atoms with Gasteiger partial charge in [-0.05, 0) is 46.7 Å². The first-order chi connectivity index (χ1) is 15.0. The van der Waals surface area contributed by atoms with Crippen molar-refractivity contribution in [2.75, 3.05) is 44.2 Å². The lowest BCUT2D eigenvalue weighted by atomic mass is 10.0. The summed E-state index contributed by atoms with van der Waals surface area (Å²) in [5, 5.41) is 7.98. The molecule has 8 nitrogen and oxygen atoms in total. The lowest BCUT2D eigenvalue weighted by molar-refractivity contribution is -0.137. The number of piperazine rings is 1. The van der Waals surface area contributed by atoms with Crippen LogP contribution >= 0.6 is 31.9 Å². The Morgan fingerprint density at radius 1 is 1.10 bits per heavy atom. The van der Waals surface area contributed by atoms with Gasteiger partial charge in [-0.15, -0.1) is 0 Å². The molecule has 1 unspecified atom stereocenters. The molecule has 1 amide bonds. The maximum absolute atomic E-state index is 13.6. The Morgan fingerprint density at radius 2 is 1.77 bits per heavy atom. The van der Waals surface area contributed by atoms with Crippen molar-refractivity contribution >= 4 is 54.6 Å². The molecule has 3 heterocycles. The molecule has 1 N–H and O–H groups in total. The average molecular weight is 551 g/mol. The van der Waals surface area contributed by atoms with Crippen molar-refractivity contribution in [3.05, 3.63) is 45.2 Å². The fourth-order valence-electron chi connectivity index (χ4n) is 4.10. The summed E-state index contributed by atoms with van der Waals surface area (Å²) in [6, 6.07) is 7.80. The zero-order valence-corrected chi connectivity index (χ0v) is 20.7. The Kier molecular flexibility index (Phi) is 6.88. The number of halogens is 2. The van der Waals surface area contributed by atoms with E-state index in [0.717, 1.165) is 38.9 Å². The number of carbonyl (C=O) groups is 1. The first-order valence-electron chi connectivity index (χ1n) is 10.4. The summed E-state index contributed by atoms with van der Waals surface area (Å²) >= 11 is 7.00. The summed E-state index contributed by atoms with van der Waals surface area (Å²) < 4.78 is 1.78. The van der Waals surface area contributed by atoms with E-state index >= 15 is 0 Å². The Morgan fingerprint density at radius 3 is 2.42 bits per heavy atom. The Labute approximate surface area is 198 Å². The number of amides is 1. The number of aromatic nitrogens is 4. The van der Waals surface area contributed by atoms with Crippen molar-refractivity contribution in [2.45, 2.75) is 19.9 Å². The minimum atomic E-state index is -0.275. The molecule has 0 aliphatic carbocycles. The van der Waals surface area contributed by atoms with E-state index in [1.807, 2.05) is 29.2 Å². The molecule has 3 aromatic rings. The smallest absolute Gasteiger partial charge is 0.244 e. The van der Waals surface area contributed by atoms with Gasteiger partial charge in [0.15, 0.2) is 5.65 Å². The molecule has 1 fully saturated rings. The van der Waals surface area contributed by atoms with Crippen molar-refractivity contribution in [3.8, 4) is 0 Å². The third kappa shape index (κ3) is 4.47. The molecule has 1 atom stereocenters. The summed E-state index contributed by atoms with van der Waals surface area (Å²) in [6.07, 6.45) is 1.53. The van der Waals surface area contributed by atoms with Crippen molar-refractivity contribution in [1.29, 1.82) is 0 Å². The van der Waals surface area contributed by atoms with Crippen LogP contribution in [0.1, 0.15) is 25.5 Å². The van der Waals surface area contributed by atoms with Crippen LogP contribution in [0.15, 0.2) is 39.7 Å². The predicted octanol–water partition coefficient (Wildman–Crippen LogP) is 3.61. The van der Waals surface area contributed by atoms with E-state index in [1.165, 1.54) is 6.33 Å². The van der Waals surface area contributed by atoms with Gasteiger partial charge in [0.25, 0.3) is 0 Å². The van der Waals surface area contributed by atoms with Gasteiger partial charge < -0.3 is 9.80 Å². The second-order valence-electron chi connectivity index (χ2n) is 7.42. The van der Waals surface area contributed by atoms with E-state index < -0.39 is 0 Å². The highest BCUT2D eigenvalue weighted by molar-refractivity contribution is 9.10. The summed E-state index contributed by atoms with van der Waals surface area (Å²) in [4.78, 5) is 28.7. The molecule has 2 aromatic heterocycles. The molecule has 1 aliphatic heterocycles. The second kappa shape index (κ2) is 9.62. The highest BCUT2D eigenvalue weighted by Crippen LogP contribution is 2.30. The van der Waals surface area contributed by atoms with Gasteiger partial charge in [0, 0.05) is 30.7 Å². The van der Waals surface area contributed by atoms with E-state index in [4.69, 9.17) is 0 Å². The third-order valence-electron chi connectivity index (χ3n) is 5.77. The number of nitrogens with zero attached hydrogens (tertiary/aromatic N) is 6. The van der Waals surface area contributed by atoms with Gasteiger partial charge in [0.05, 0.1) is 5.39 Å². The average Bonchev–Trinajstić information content (AvgIpc) is 3.19. The van der Waals surface area contributed by atoms with E-state index in [-0.39, 0.29) is 11.9 Å². The number of nitrogens with one attached hydrogen (secondary N) is 1. The van der Waals surface area contributed by atoms with E-state index in [1.54, 1.807) is 0 Å². The molecule has 164 valence electrons. The molecule has 1 aliphatic rings. The zero-order valence-electron chi connectivity index (χ0n) is 17.6. The van der Waals surface area contributed by atoms with Crippen molar-refractivity contribution in [1.82, 2.24) is 30.0 Å². The van der Waals surface area contributed by atoms with Crippen molar-refractivity contribution in [2.24, 2.45) is 0 Å². The number of anilines is 1. The monoisotopic (exact) mass is 549 g/mol. The topological polar surface area (TPSA) is 81.2 Å². The molecule has 10 heteroatoms. The number of likely N-dealkylation sites (N-methyl/N-ethyl adjacent to an activating group) is 1. The van der Waals surface area contributed by atoms with Crippen LogP contribution in [-0.4, -0.2) is 75.1 Å². The Hall–Kier alpha value is -2.04. The number of rotatable bonds is 6. The molecule has 31 heavy (non-hydrogen) atoms. The van der Waals surface area contributed by atoms with E-state index in [0.29, 0.717) is 31.8 Å². The van der Waals surface area contributed by atoms with Crippen LogP contribution in [0.4, 0.5) is 5.82 Å². The van der Waals surface area contributed by atoms with Gasteiger partial charge in [0.1, 0.15) is 22.8 Å². The molecule has 0 spiro atoms. The van der Waals surface area contributed by atoms with Gasteiger partial charge in [-0.1, -0.05) is 41.9 Å². The minimum Gasteiger partial charge on any atom is -0.352 e. The number of H-pyrrole nitrogens is 1. The minimum absolute atomic E-state index is 0.156. The van der Waals surface area contributed by atoms with Gasteiger partial charge in [-0.25, -0.2) is 9.97 Å². The predicted molar refractivity (Wildman–Crippen MR) is 128 cm³/mol. The Bertz CT molecular complexity index is 1040. The normalized spacial score (nSPS) is 15.6. The SMILES string of the molecule is CCN(CC)C(C(=O)N1CCN(c2ncnc3n[nH]c(Br)c23)CC1)c1ccc(Br)cc1. The van der Waals surface area contributed by atoms with E-state index in [9.17, 15) is 4.79 Å². The van der Waals surface area contributed by atoms with Crippen LogP contribution in [-0.2, 0) is 4.79 Å². The Balaban J connectivity index is 1.53. The van der Waals surface area contributed by atoms with Crippen molar-refractivity contribution in [3.63, 3.8) is 0 Å². The third-order valence-corrected chi connectivity index (χ3v) is 6.88. The van der Waals surface area contributed by atoms with Crippen LogP contribution in [0.25, 0.3) is 11.0 Å². The van der Waals surface area contributed by atoms with Gasteiger partial charge in [-0.3, -0.25) is 14.8 Å². The number of fused-ring (bicyclic) bond motifs is 1. The molecule has 0 radical (unpaired) electrons. The molecule has 1 aromatic carbocycles. The lowest BCUT2D eigenvalue weighted by Crippen LogP contribution is -2.52. The largest absolute Gasteiger partial charge is 0.352 e. The lowest BCUT2D eigenvalue weighted by Gasteiger charge is -2.39. The molecule has 0 saturated carbocycles.